The molecule has 0 aromatic heterocycles. The minimum absolute atomic E-state index is 0.0184. The molecular weight excluding hydrogens is 310 g/mol. The van der Waals surface area contributed by atoms with Gasteiger partial charge in [0.25, 0.3) is 0 Å². The van der Waals surface area contributed by atoms with Crippen LogP contribution in [-0.2, 0) is 18.1 Å². The molecule has 0 aliphatic rings. The molecular formula is C17H36NO4Si. The third-order valence-electron chi connectivity index (χ3n) is 4.14. The van der Waals surface area contributed by atoms with Crippen LogP contribution in [0.1, 0.15) is 59.3 Å². The SMILES string of the molecule is CCCC[CH]CCC(=O)NCC(C)(C)CC[Si](OC)(OC)OC. The van der Waals surface area contributed by atoms with E-state index in [4.69, 9.17) is 13.3 Å². The molecule has 0 unspecified atom stereocenters. The minimum atomic E-state index is -2.53. The van der Waals surface area contributed by atoms with E-state index >= 15 is 0 Å². The van der Waals surface area contributed by atoms with E-state index in [9.17, 15) is 4.79 Å². The maximum Gasteiger partial charge on any atom is 0.500 e. The molecule has 0 heterocycles. The molecule has 0 aliphatic heterocycles. The number of rotatable bonds is 14. The summed E-state index contributed by atoms with van der Waals surface area (Å²) in [5.41, 5.74) is -0.0184. The number of hydrogen-bond donors (Lipinski definition) is 1. The maximum atomic E-state index is 11.9. The molecule has 1 N–H and O–H groups in total. The van der Waals surface area contributed by atoms with Crippen molar-refractivity contribution < 1.29 is 18.1 Å². The van der Waals surface area contributed by atoms with Crippen LogP contribution in [-0.4, -0.2) is 42.6 Å². The van der Waals surface area contributed by atoms with Crippen LogP contribution in [0.4, 0.5) is 0 Å². The number of carbonyl (C=O) groups is 1. The molecule has 0 atom stereocenters. The molecule has 1 amide bonds. The maximum absolute atomic E-state index is 11.9. The molecule has 0 saturated carbocycles. The van der Waals surface area contributed by atoms with Gasteiger partial charge in [0.15, 0.2) is 0 Å². The minimum Gasteiger partial charge on any atom is -0.377 e. The van der Waals surface area contributed by atoms with E-state index in [1.54, 1.807) is 21.3 Å². The molecule has 6 heteroatoms. The molecule has 0 aromatic rings. The van der Waals surface area contributed by atoms with E-state index < -0.39 is 8.80 Å². The van der Waals surface area contributed by atoms with Crippen molar-refractivity contribution in [1.29, 1.82) is 0 Å². The number of carbonyl (C=O) groups excluding carboxylic acids is 1. The monoisotopic (exact) mass is 346 g/mol. The first kappa shape index (κ1) is 22.6. The van der Waals surface area contributed by atoms with Crippen molar-refractivity contribution in [1.82, 2.24) is 5.32 Å². The van der Waals surface area contributed by atoms with Gasteiger partial charge in [-0.15, -0.1) is 0 Å². The number of amides is 1. The fraction of sp³-hybridized carbons (Fsp3) is 0.882. The first-order valence-electron chi connectivity index (χ1n) is 8.58. The van der Waals surface area contributed by atoms with Crippen LogP contribution in [0.15, 0.2) is 0 Å². The highest BCUT2D eigenvalue weighted by Crippen LogP contribution is 2.27. The normalized spacial score (nSPS) is 12.4. The molecule has 5 nitrogen and oxygen atoms in total. The van der Waals surface area contributed by atoms with Gasteiger partial charge < -0.3 is 18.6 Å². The van der Waals surface area contributed by atoms with Gasteiger partial charge in [-0.05, 0) is 24.7 Å². The Hall–Kier alpha value is -0.433. The van der Waals surface area contributed by atoms with Gasteiger partial charge in [0.05, 0.1) is 0 Å². The average molecular weight is 347 g/mol. The first-order chi connectivity index (χ1) is 10.8. The highest BCUT2D eigenvalue weighted by Gasteiger charge is 2.39. The predicted octanol–water partition coefficient (Wildman–Crippen LogP) is 3.57. The van der Waals surface area contributed by atoms with Gasteiger partial charge in [-0.3, -0.25) is 4.79 Å². The molecule has 0 rings (SSSR count). The van der Waals surface area contributed by atoms with Crippen molar-refractivity contribution in [2.45, 2.75) is 65.3 Å². The Morgan fingerprint density at radius 3 is 2.26 bits per heavy atom. The summed E-state index contributed by atoms with van der Waals surface area (Å²) in [4.78, 5) is 11.9. The molecule has 0 bridgehead atoms. The summed E-state index contributed by atoms with van der Waals surface area (Å²) in [6, 6.07) is 0.740. The second kappa shape index (κ2) is 12.0. The lowest BCUT2D eigenvalue weighted by Crippen LogP contribution is -2.44. The highest BCUT2D eigenvalue weighted by molar-refractivity contribution is 6.60. The largest absolute Gasteiger partial charge is 0.500 e. The second-order valence-electron chi connectivity index (χ2n) is 6.71. The Kier molecular flexibility index (Phi) is 11.8. The predicted molar refractivity (Wildman–Crippen MR) is 96.1 cm³/mol. The lowest BCUT2D eigenvalue weighted by Gasteiger charge is -2.30. The Balaban J connectivity index is 4.05. The summed E-state index contributed by atoms with van der Waals surface area (Å²) < 4.78 is 16.3. The molecule has 0 fully saturated rings. The number of hydrogen-bond acceptors (Lipinski definition) is 4. The molecule has 0 saturated heterocycles. The Morgan fingerprint density at radius 2 is 1.74 bits per heavy atom. The van der Waals surface area contributed by atoms with Crippen molar-refractivity contribution in [3.8, 4) is 0 Å². The summed E-state index contributed by atoms with van der Waals surface area (Å²) in [5.74, 6) is 0.125. The third kappa shape index (κ3) is 10.1. The van der Waals surface area contributed by atoms with Crippen molar-refractivity contribution in [3.05, 3.63) is 6.42 Å². The Bertz CT molecular complexity index is 311. The zero-order chi connectivity index (χ0) is 17.8. The van der Waals surface area contributed by atoms with Crippen LogP contribution in [0, 0.1) is 11.8 Å². The summed E-state index contributed by atoms with van der Waals surface area (Å²) in [7, 11) is 2.35. The van der Waals surface area contributed by atoms with Gasteiger partial charge in [-0.2, -0.15) is 0 Å². The average Bonchev–Trinajstić information content (AvgIpc) is 2.55. The van der Waals surface area contributed by atoms with Gasteiger partial charge >= 0.3 is 8.80 Å². The molecule has 0 aliphatic carbocycles. The lowest BCUT2D eigenvalue weighted by atomic mass is 9.90. The standard InChI is InChI=1S/C17H36NO4Si/c1-7-8-9-10-11-12-16(19)18-15-17(2,3)13-14-23(20-4,21-5)22-6/h10H,7-9,11-15H2,1-6H3,(H,18,19). The van der Waals surface area contributed by atoms with Crippen molar-refractivity contribution in [2.75, 3.05) is 27.9 Å². The van der Waals surface area contributed by atoms with Gasteiger partial charge in [0.1, 0.15) is 0 Å². The first-order valence-corrected chi connectivity index (χ1v) is 10.5. The quantitative estimate of drug-likeness (QED) is 0.386. The fourth-order valence-corrected chi connectivity index (χ4v) is 4.38. The summed E-state index contributed by atoms with van der Waals surface area (Å²) in [5, 5.41) is 3.04. The highest BCUT2D eigenvalue weighted by atomic mass is 28.4. The van der Waals surface area contributed by atoms with Gasteiger partial charge in [-0.25, -0.2) is 0 Å². The Labute approximate surface area is 143 Å². The fourth-order valence-electron chi connectivity index (χ4n) is 2.29. The van der Waals surface area contributed by atoms with E-state index in [0.29, 0.717) is 13.0 Å². The molecule has 0 aromatic carbocycles. The van der Waals surface area contributed by atoms with Crippen LogP contribution in [0.2, 0.25) is 6.04 Å². The van der Waals surface area contributed by atoms with Crippen LogP contribution >= 0.6 is 0 Å². The number of unbranched alkanes of at least 4 members (excludes halogenated alkanes) is 4. The molecule has 1 radical (unpaired) electrons. The van der Waals surface area contributed by atoms with Crippen molar-refractivity contribution >= 4 is 14.7 Å². The van der Waals surface area contributed by atoms with Crippen LogP contribution in [0.25, 0.3) is 0 Å². The van der Waals surface area contributed by atoms with E-state index in [1.165, 1.54) is 12.8 Å². The summed E-state index contributed by atoms with van der Waals surface area (Å²) in [6.07, 6.45) is 8.03. The van der Waals surface area contributed by atoms with Crippen LogP contribution < -0.4 is 5.32 Å². The summed E-state index contributed by atoms with van der Waals surface area (Å²) >= 11 is 0. The van der Waals surface area contributed by atoms with E-state index in [0.717, 1.165) is 25.3 Å². The van der Waals surface area contributed by atoms with Gasteiger partial charge in [0.2, 0.25) is 5.91 Å². The number of nitrogens with one attached hydrogen (secondary N) is 1. The molecule has 0 spiro atoms. The van der Waals surface area contributed by atoms with Crippen LogP contribution in [0.3, 0.4) is 0 Å². The molecule has 23 heavy (non-hydrogen) atoms. The lowest BCUT2D eigenvalue weighted by molar-refractivity contribution is -0.121. The smallest absolute Gasteiger partial charge is 0.377 e. The van der Waals surface area contributed by atoms with E-state index in [1.807, 2.05) is 0 Å². The van der Waals surface area contributed by atoms with Crippen molar-refractivity contribution in [3.63, 3.8) is 0 Å². The summed E-state index contributed by atoms with van der Waals surface area (Å²) in [6.45, 7) is 7.11. The third-order valence-corrected chi connectivity index (χ3v) is 6.87. The van der Waals surface area contributed by atoms with E-state index in [2.05, 4.69) is 32.5 Å². The van der Waals surface area contributed by atoms with E-state index in [-0.39, 0.29) is 11.3 Å². The topological polar surface area (TPSA) is 56.8 Å². The van der Waals surface area contributed by atoms with Gasteiger partial charge in [0, 0.05) is 40.3 Å². The zero-order valence-corrected chi connectivity index (χ0v) is 16.9. The molecule has 137 valence electrons. The van der Waals surface area contributed by atoms with Crippen molar-refractivity contribution in [2.24, 2.45) is 5.41 Å². The Morgan fingerprint density at radius 1 is 1.13 bits per heavy atom. The van der Waals surface area contributed by atoms with Crippen LogP contribution in [0.5, 0.6) is 0 Å². The second-order valence-corrected chi connectivity index (χ2v) is 9.80. The van der Waals surface area contributed by atoms with Gasteiger partial charge in [-0.1, -0.05) is 40.0 Å². The zero-order valence-electron chi connectivity index (χ0n) is 15.9.